The van der Waals surface area contributed by atoms with E-state index in [9.17, 15) is 0 Å². The second-order valence-electron chi connectivity index (χ2n) is 4.81. The predicted molar refractivity (Wildman–Crippen MR) is 72.8 cm³/mol. The normalized spacial score (nSPS) is 27.0. The molecule has 0 radical (unpaired) electrons. The van der Waals surface area contributed by atoms with Gasteiger partial charge >= 0.3 is 0 Å². The summed E-state index contributed by atoms with van der Waals surface area (Å²) in [6.07, 6.45) is 7.93. The van der Waals surface area contributed by atoms with Crippen molar-refractivity contribution in [2.24, 2.45) is 17.8 Å². The highest BCUT2D eigenvalue weighted by atomic mass is 16.5. The first-order valence-electron chi connectivity index (χ1n) is 6.47. The Morgan fingerprint density at radius 2 is 0.944 bits per heavy atom. The molecule has 0 aliphatic heterocycles. The molecule has 0 spiro atoms. The lowest BCUT2D eigenvalue weighted by molar-refractivity contribution is 0.0529. The quantitative estimate of drug-likeness (QED) is 0.588. The third kappa shape index (κ3) is 5.30. The van der Waals surface area contributed by atoms with Gasteiger partial charge in [0.05, 0.1) is 38.6 Å². The van der Waals surface area contributed by atoms with E-state index in [-0.39, 0.29) is 0 Å². The Hall–Kier alpha value is -1.38. The van der Waals surface area contributed by atoms with Gasteiger partial charge in [-0.2, -0.15) is 0 Å². The van der Waals surface area contributed by atoms with Gasteiger partial charge in [-0.25, -0.2) is 0 Å². The molecule has 1 fully saturated rings. The van der Waals surface area contributed by atoms with Crippen LogP contribution in [0.25, 0.3) is 0 Å². The molecule has 1 aliphatic carbocycles. The van der Waals surface area contributed by atoms with Crippen molar-refractivity contribution >= 4 is 0 Å². The van der Waals surface area contributed by atoms with Crippen molar-refractivity contribution < 1.29 is 14.2 Å². The zero-order valence-corrected chi connectivity index (χ0v) is 11.1. The molecule has 0 saturated heterocycles. The molecule has 0 N–H and O–H groups in total. The topological polar surface area (TPSA) is 27.7 Å². The van der Waals surface area contributed by atoms with Crippen molar-refractivity contribution in [3.05, 3.63) is 38.5 Å². The summed E-state index contributed by atoms with van der Waals surface area (Å²) in [6.45, 7) is 13.0. The molecule has 0 aromatic heterocycles. The summed E-state index contributed by atoms with van der Waals surface area (Å²) in [4.78, 5) is 0. The Kier molecular flexibility index (Phi) is 7.07. The summed E-state index contributed by atoms with van der Waals surface area (Å²) in [5.74, 6) is 1.65. The molecule has 0 amide bonds. The Morgan fingerprint density at radius 3 is 1.17 bits per heavy atom. The number of hydrogen-bond acceptors (Lipinski definition) is 3. The second-order valence-corrected chi connectivity index (χ2v) is 4.81. The van der Waals surface area contributed by atoms with E-state index in [1.54, 1.807) is 0 Å². The Bertz CT molecular complexity index is 214. The lowest BCUT2D eigenvalue weighted by Gasteiger charge is -2.34. The van der Waals surface area contributed by atoms with Gasteiger partial charge in [0.2, 0.25) is 0 Å². The maximum Gasteiger partial charge on any atom is 0.0901 e. The van der Waals surface area contributed by atoms with Gasteiger partial charge in [0, 0.05) is 0 Å². The third-order valence-corrected chi connectivity index (χ3v) is 3.35. The monoisotopic (exact) mass is 252 g/mol. The van der Waals surface area contributed by atoms with Gasteiger partial charge in [-0.05, 0) is 37.0 Å². The summed E-state index contributed by atoms with van der Waals surface area (Å²) >= 11 is 0. The van der Waals surface area contributed by atoms with E-state index < -0.39 is 0 Å². The van der Waals surface area contributed by atoms with Crippen molar-refractivity contribution in [1.82, 2.24) is 0 Å². The fourth-order valence-electron chi connectivity index (χ4n) is 2.72. The van der Waals surface area contributed by atoms with E-state index in [0.29, 0.717) is 17.8 Å². The average Bonchev–Trinajstić information content (AvgIpc) is 2.40. The van der Waals surface area contributed by atoms with E-state index in [0.717, 1.165) is 39.1 Å². The van der Waals surface area contributed by atoms with Crippen molar-refractivity contribution in [2.45, 2.75) is 19.3 Å². The summed E-state index contributed by atoms with van der Waals surface area (Å²) < 4.78 is 16.0. The molecule has 0 atom stereocenters. The minimum Gasteiger partial charge on any atom is -0.502 e. The molecule has 1 aliphatic rings. The van der Waals surface area contributed by atoms with Crippen LogP contribution < -0.4 is 0 Å². The summed E-state index contributed by atoms with van der Waals surface area (Å²) in [5.41, 5.74) is 0. The number of hydrogen-bond donors (Lipinski definition) is 0. The highest BCUT2D eigenvalue weighted by Crippen LogP contribution is 2.34. The molecule has 18 heavy (non-hydrogen) atoms. The van der Waals surface area contributed by atoms with Crippen molar-refractivity contribution in [3.8, 4) is 0 Å². The summed E-state index contributed by atoms with van der Waals surface area (Å²) in [6, 6.07) is 0. The first kappa shape index (κ1) is 14.7. The summed E-state index contributed by atoms with van der Waals surface area (Å²) in [5, 5.41) is 0. The highest BCUT2D eigenvalue weighted by molar-refractivity contribution is 4.80. The van der Waals surface area contributed by atoms with Crippen LogP contribution in [0.4, 0.5) is 0 Å². The Balaban J connectivity index is 2.44. The van der Waals surface area contributed by atoms with Crippen LogP contribution in [0, 0.1) is 17.8 Å². The van der Waals surface area contributed by atoms with Crippen LogP contribution in [-0.4, -0.2) is 19.8 Å². The van der Waals surface area contributed by atoms with Crippen molar-refractivity contribution in [3.63, 3.8) is 0 Å². The van der Waals surface area contributed by atoms with Gasteiger partial charge < -0.3 is 14.2 Å². The second kappa shape index (κ2) is 8.67. The van der Waals surface area contributed by atoms with Gasteiger partial charge in [-0.15, -0.1) is 0 Å². The minimum atomic E-state index is 0.550. The van der Waals surface area contributed by atoms with E-state index in [1.165, 1.54) is 18.8 Å². The molecule has 0 heterocycles. The van der Waals surface area contributed by atoms with Crippen LogP contribution in [0.5, 0.6) is 0 Å². The molecular formula is C15H24O3. The van der Waals surface area contributed by atoms with Crippen LogP contribution in [-0.2, 0) is 14.2 Å². The van der Waals surface area contributed by atoms with E-state index in [1.807, 2.05) is 0 Å². The summed E-state index contributed by atoms with van der Waals surface area (Å²) in [7, 11) is 0. The molecule has 0 aromatic carbocycles. The maximum absolute atomic E-state index is 5.32. The molecule has 3 nitrogen and oxygen atoms in total. The Morgan fingerprint density at radius 1 is 0.667 bits per heavy atom. The number of ether oxygens (including phenoxy) is 3. The average molecular weight is 252 g/mol. The van der Waals surface area contributed by atoms with Gasteiger partial charge in [-0.1, -0.05) is 19.7 Å². The zero-order valence-electron chi connectivity index (χ0n) is 11.1. The minimum absolute atomic E-state index is 0.550. The predicted octanol–water partition coefficient (Wildman–Crippen LogP) is 3.50. The maximum atomic E-state index is 5.32. The molecular weight excluding hydrogens is 228 g/mol. The van der Waals surface area contributed by atoms with Gasteiger partial charge in [0.1, 0.15) is 0 Å². The molecule has 1 rings (SSSR count). The molecule has 102 valence electrons. The zero-order chi connectivity index (χ0) is 13.2. The van der Waals surface area contributed by atoms with Gasteiger partial charge in [0.15, 0.2) is 0 Å². The fraction of sp³-hybridized carbons (Fsp3) is 0.600. The molecule has 0 aromatic rings. The van der Waals surface area contributed by atoms with Gasteiger partial charge in [-0.3, -0.25) is 0 Å². The fourth-order valence-corrected chi connectivity index (χ4v) is 2.72. The lowest BCUT2D eigenvalue weighted by Crippen LogP contribution is -2.29. The van der Waals surface area contributed by atoms with Gasteiger partial charge in [0.25, 0.3) is 0 Å². The first-order valence-corrected chi connectivity index (χ1v) is 6.47. The largest absolute Gasteiger partial charge is 0.502 e. The van der Waals surface area contributed by atoms with E-state index in [2.05, 4.69) is 19.7 Å². The van der Waals surface area contributed by atoms with Crippen LogP contribution >= 0.6 is 0 Å². The van der Waals surface area contributed by atoms with Crippen molar-refractivity contribution in [2.75, 3.05) is 19.8 Å². The van der Waals surface area contributed by atoms with Crippen LogP contribution in [0.3, 0.4) is 0 Å². The standard InChI is InChI=1S/C15H24O3/c1-4-16-10-13-7-14(11-17-5-2)9-15(8-13)12-18-6-3/h4-6,13-15H,1-3,7-12H2. The molecule has 3 heteroatoms. The molecule has 0 unspecified atom stereocenters. The van der Waals surface area contributed by atoms with E-state index >= 15 is 0 Å². The van der Waals surface area contributed by atoms with Crippen LogP contribution in [0.1, 0.15) is 19.3 Å². The first-order chi connectivity index (χ1) is 8.80. The lowest BCUT2D eigenvalue weighted by atomic mass is 9.76. The third-order valence-electron chi connectivity index (χ3n) is 3.35. The van der Waals surface area contributed by atoms with E-state index in [4.69, 9.17) is 14.2 Å². The molecule has 0 bridgehead atoms. The van der Waals surface area contributed by atoms with Crippen LogP contribution in [0.15, 0.2) is 38.5 Å². The molecule has 1 saturated carbocycles. The Labute approximate surface area is 110 Å². The van der Waals surface area contributed by atoms with Crippen LogP contribution in [0.2, 0.25) is 0 Å². The number of rotatable bonds is 9. The SMILES string of the molecule is C=COCC1CC(COC=C)CC(COC=C)C1. The smallest absolute Gasteiger partial charge is 0.0901 e. The van der Waals surface area contributed by atoms with Crippen molar-refractivity contribution in [1.29, 1.82) is 0 Å². The highest BCUT2D eigenvalue weighted by Gasteiger charge is 2.29.